The SMILES string of the molecule is COC(=O)c1cc(B(O)O)cnc1Br. The Bertz CT molecular complexity index is 358. The third-order valence-corrected chi connectivity index (χ3v) is 2.20. The van der Waals surface area contributed by atoms with Crippen LogP contribution >= 0.6 is 15.9 Å². The molecule has 0 amide bonds. The van der Waals surface area contributed by atoms with Crippen molar-refractivity contribution in [3.05, 3.63) is 22.4 Å². The van der Waals surface area contributed by atoms with Gasteiger partial charge in [-0.3, -0.25) is 0 Å². The lowest BCUT2D eigenvalue weighted by molar-refractivity contribution is 0.0599. The summed E-state index contributed by atoms with van der Waals surface area (Å²) in [7, 11) is -0.421. The van der Waals surface area contributed by atoms with Crippen LogP contribution in [0.15, 0.2) is 16.9 Å². The maximum Gasteiger partial charge on any atom is 0.490 e. The largest absolute Gasteiger partial charge is 0.490 e. The zero-order valence-corrected chi connectivity index (χ0v) is 8.85. The quantitative estimate of drug-likeness (QED) is 0.418. The average Bonchev–Trinajstić information content (AvgIpc) is 2.17. The molecule has 7 heteroatoms. The molecule has 74 valence electrons. The molecule has 2 N–H and O–H groups in total. The fourth-order valence-electron chi connectivity index (χ4n) is 0.859. The van der Waals surface area contributed by atoms with E-state index in [0.29, 0.717) is 4.60 Å². The van der Waals surface area contributed by atoms with Gasteiger partial charge in [-0.05, 0) is 22.0 Å². The number of methoxy groups -OCH3 is 1. The van der Waals surface area contributed by atoms with E-state index in [1.807, 2.05) is 0 Å². The molecule has 0 aromatic carbocycles. The monoisotopic (exact) mass is 259 g/mol. The molecule has 0 saturated heterocycles. The number of ether oxygens (including phenoxy) is 1. The van der Waals surface area contributed by atoms with Crippen molar-refractivity contribution in [2.45, 2.75) is 0 Å². The fraction of sp³-hybridized carbons (Fsp3) is 0.143. The van der Waals surface area contributed by atoms with Gasteiger partial charge in [-0.15, -0.1) is 0 Å². The first-order valence-corrected chi connectivity index (χ1v) is 4.45. The summed E-state index contributed by atoms with van der Waals surface area (Å²) in [5.74, 6) is -0.591. The highest BCUT2D eigenvalue weighted by molar-refractivity contribution is 9.10. The van der Waals surface area contributed by atoms with Crippen molar-refractivity contribution in [1.29, 1.82) is 0 Å². The number of hydrogen-bond acceptors (Lipinski definition) is 5. The molecular formula is C7H7BBrNO4. The molecule has 0 bridgehead atoms. The minimum absolute atomic E-state index is 0.133. The number of nitrogens with zero attached hydrogens (tertiary/aromatic N) is 1. The number of hydrogen-bond donors (Lipinski definition) is 2. The average molecular weight is 260 g/mol. The first-order chi connectivity index (χ1) is 6.56. The van der Waals surface area contributed by atoms with Gasteiger partial charge in [-0.1, -0.05) is 0 Å². The Morgan fingerprint density at radius 1 is 1.64 bits per heavy atom. The molecule has 0 saturated carbocycles. The van der Waals surface area contributed by atoms with Crippen LogP contribution in [0, 0.1) is 0 Å². The van der Waals surface area contributed by atoms with Crippen LogP contribution < -0.4 is 5.46 Å². The van der Waals surface area contributed by atoms with Crippen molar-refractivity contribution in [3.8, 4) is 0 Å². The van der Waals surface area contributed by atoms with Crippen molar-refractivity contribution in [3.63, 3.8) is 0 Å². The van der Waals surface area contributed by atoms with Crippen molar-refractivity contribution in [2.24, 2.45) is 0 Å². The molecule has 1 aromatic heterocycles. The Hall–Kier alpha value is -0.915. The lowest BCUT2D eigenvalue weighted by atomic mass is 9.81. The Labute approximate surface area is 89.0 Å². The molecule has 0 radical (unpaired) electrons. The van der Waals surface area contributed by atoms with Crippen LogP contribution in [0.5, 0.6) is 0 Å². The second kappa shape index (κ2) is 4.54. The summed E-state index contributed by atoms with van der Waals surface area (Å²) in [4.78, 5) is 14.9. The lowest BCUT2D eigenvalue weighted by Gasteiger charge is -2.04. The van der Waals surface area contributed by atoms with Crippen LogP contribution in [-0.4, -0.2) is 35.2 Å². The zero-order chi connectivity index (χ0) is 10.7. The fourth-order valence-corrected chi connectivity index (χ4v) is 1.24. The molecule has 0 aliphatic heterocycles. The molecular weight excluding hydrogens is 253 g/mol. The van der Waals surface area contributed by atoms with Gasteiger partial charge in [0.15, 0.2) is 0 Å². The predicted molar refractivity (Wildman–Crippen MR) is 53.1 cm³/mol. The molecule has 5 nitrogen and oxygen atoms in total. The van der Waals surface area contributed by atoms with Crippen LogP contribution in [0.1, 0.15) is 10.4 Å². The van der Waals surface area contributed by atoms with Crippen LogP contribution in [0.3, 0.4) is 0 Å². The number of carbonyl (C=O) groups excluding carboxylic acids is 1. The Morgan fingerprint density at radius 3 is 2.79 bits per heavy atom. The normalized spacial score (nSPS) is 9.71. The van der Waals surface area contributed by atoms with Crippen molar-refractivity contribution < 1.29 is 19.6 Å². The van der Waals surface area contributed by atoms with E-state index in [0.717, 1.165) is 0 Å². The minimum Gasteiger partial charge on any atom is -0.465 e. The van der Waals surface area contributed by atoms with Crippen LogP contribution in [0.2, 0.25) is 0 Å². The molecule has 0 aliphatic rings. The highest BCUT2D eigenvalue weighted by atomic mass is 79.9. The Kier molecular flexibility index (Phi) is 3.62. The van der Waals surface area contributed by atoms with E-state index in [4.69, 9.17) is 10.0 Å². The van der Waals surface area contributed by atoms with Crippen molar-refractivity contribution >= 4 is 34.5 Å². The summed E-state index contributed by atoms with van der Waals surface area (Å²) in [6.07, 6.45) is 1.25. The first-order valence-electron chi connectivity index (χ1n) is 3.66. The highest BCUT2D eigenvalue weighted by Gasteiger charge is 2.17. The third-order valence-electron chi connectivity index (χ3n) is 1.56. The van der Waals surface area contributed by atoms with E-state index in [2.05, 4.69) is 25.7 Å². The zero-order valence-electron chi connectivity index (χ0n) is 7.27. The van der Waals surface area contributed by atoms with E-state index < -0.39 is 13.1 Å². The minimum atomic E-state index is -1.65. The second-order valence-corrected chi connectivity index (χ2v) is 3.22. The van der Waals surface area contributed by atoms with E-state index in [9.17, 15) is 4.79 Å². The van der Waals surface area contributed by atoms with E-state index in [1.54, 1.807) is 0 Å². The van der Waals surface area contributed by atoms with Crippen molar-refractivity contribution in [1.82, 2.24) is 4.98 Å². The smallest absolute Gasteiger partial charge is 0.465 e. The number of aromatic nitrogens is 1. The molecule has 0 fully saturated rings. The Balaban J connectivity index is 3.15. The van der Waals surface area contributed by atoms with Crippen LogP contribution in [-0.2, 0) is 4.74 Å². The summed E-state index contributed by atoms with van der Waals surface area (Å²) >= 11 is 3.05. The number of halogens is 1. The summed E-state index contributed by atoms with van der Waals surface area (Å²) < 4.78 is 4.78. The van der Waals surface area contributed by atoms with E-state index in [-0.39, 0.29) is 11.0 Å². The summed E-state index contributed by atoms with van der Waals surface area (Å²) in [6, 6.07) is 1.30. The van der Waals surface area contributed by atoms with Gasteiger partial charge in [0.2, 0.25) is 0 Å². The highest BCUT2D eigenvalue weighted by Crippen LogP contribution is 2.12. The molecule has 1 aromatic rings. The maximum absolute atomic E-state index is 11.2. The molecule has 14 heavy (non-hydrogen) atoms. The molecule has 0 aliphatic carbocycles. The van der Waals surface area contributed by atoms with Gasteiger partial charge in [0.05, 0.1) is 12.7 Å². The Morgan fingerprint density at radius 2 is 2.29 bits per heavy atom. The molecule has 1 rings (SSSR count). The summed E-state index contributed by atoms with van der Waals surface area (Å²) in [6.45, 7) is 0. The van der Waals surface area contributed by atoms with Gasteiger partial charge < -0.3 is 14.8 Å². The predicted octanol–water partition coefficient (Wildman–Crippen LogP) is -0.690. The van der Waals surface area contributed by atoms with Gasteiger partial charge in [0.25, 0.3) is 0 Å². The van der Waals surface area contributed by atoms with E-state index >= 15 is 0 Å². The molecule has 0 spiro atoms. The van der Waals surface area contributed by atoms with Crippen LogP contribution in [0.25, 0.3) is 0 Å². The van der Waals surface area contributed by atoms with E-state index in [1.165, 1.54) is 19.4 Å². The lowest BCUT2D eigenvalue weighted by Crippen LogP contribution is -2.31. The number of esters is 1. The molecule has 0 atom stereocenters. The topological polar surface area (TPSA) is 79.7 Å². The van der Waals surface area contributed by atoms with Gasteiger partial charge in [0.1, 0.15) is 4.60 Å². The van der Waals surface area contributed by atoms with Gasteiger partial charge in [0, 0.05) is 11.7 Å². The van der Waals surface area contributed by atoms with Gasteiger partial charge in [-0.25, -0.2) is 9.78 Å². The maximum atomic E-state index is 11.2. The summed E-state index contributed by atoms with van der Waals surface area (Å²) in [5, 5.41) is 17.7. The standard InChI is InChI=1S/C7H7BBrNO4/c1-14-7(11)5-2-4(8(12)13)3-10-6(5)9/h2-3,12-13H,1H3. The second-order valence-electron chi connectivity index (χ2n) is 2.47. The number of carbonyl (C=O) groups is 1. The van der Waals surface area contributed by atoms with Crippen LogP contribution in [0.4, 0.5) is 0 Å². The number of rotatable bonds is 2. The first kappa shape index (κ1) is 11.2. The van der Waals surface area contributed by atoms with Gasteiger partial charge >= 0.3 is 13.1 Å². The molecule has 1 heterocycles. The third kappa shape index (κ3) is 2.31. The summed E-state index contributed by atoms with van der Waals surface area (Å²) in [5.41, 5.74) is 0.284. The molecule has 0 unspecified atom stereocenters. The van der Waals surface area contributed by atoms with Crippen molar-refractivity contribution in [2.75, 3.05) is 7.11 Å². The number of pyridine rings is 1. The van der Waals surface area contributed by atoms with Gasteiger partial charge in [-0.2, -0.15) is 0 Å².